The summed E-state index contributed by atoms with van der Waals surface area (Å²) in [5.41, 5.74) is 2.46. The van der Waals surface area contributed by atoms with Crippen molar-refractivity contribution in [3.63, 3.8) is 0 Å². The van der Waals surface area contributed by atoms with E-state index in [1.165, 1.54) is 43.2 Å². The van der Waals surface area contributed by atoms with Gasteiger partial charge in [0.1, 0.15) is 0 Å². The molecule has 0 bridgehead atoms. The summed E-state index contributed by atoms with van der Waals surface area (Å²) in [7, 11) is 0. The Morgan fingerprint density at radius 1 is 0.821 bits per heavy atom. The molecule has 1 aliphatic rings. The molecule has 1 atom stereocenters. The van der Waals surface area contributed by atoms with Crippen LogP contribution in [0.15, 0.2) is 60.7 Å². The van der Waals surface area contributed by atoms with Crippen molar-refractivity contribution in [3.8, 4) is 0 Å². The minimum absolute atomic E-state index is 0.0465. The van der Waals surface area contributed by atoms with Gasteiger partial charge in [-0.05, 0) is 49.8 Å². The highest BCUT2D eigenvalue weighted by molar-refractivity contribution is 5.26. The highest BCUT2D eigenvalue weighted by Crippen LogP contribution is 2.16. The number of rotatable bonds is 12. The fraction of sp³-hybridized carbons (Fsp3) is 0.440. The largest absolute Gasteiger partial charge is 0.353 e. The second-order valence-corrected chi connectivity index (χ2v) is 7.40. The fourth-order valence-corrected chi connectivity index (χ4v) is 3.43. The Kier molecular flexibility index (Phi) is 9.55. The van der Waals surface area contributed by atoms with Crippen LogP contribution in [-0.4, -0.2) is 30.9 Å². The first-order valence-electron chi connectivity index (χ1n) is 10.7. The first-order chi connectivity index (χ1) is 13.9. The van der Waals surface area contributed by atoms with Gasteiger partial charge in [-0.15, -0.1) is 0 Å². The summed E-state index contributed by atoms with van der Waals surface area (Å²) < 4.78 is 11.4. The molecule has 3 rings (SSSR count). The van der Waals surface area contributed by atoms with E-state index < -0.39 is 0 Å². The molecule has 0 spiro atoms. The maximum atomic E-state index is 5.82. The summed E-state index contributed by atoms with van der Waals surface area (Å²) in [5, 5.41) is 0. The van der Waals surface area contributed by atoms with Gasteiger partial charge in [-0.3, -0.25) is 4.90 Å². The van der Waals surface area contributed by atoms with Crippen molar-refractivity contribution in [1.29, 1.82) is 0 Å². The molecule has 28 heavy (non-hydrogen) atoms. The van der Waals surface area contributed by atoms with Crippen LogP contribution in [0.2, 0.25) is 0 Å². The van der Waals surface area contributed by atoms with E-state index in [0.717, 1.165) is 32.6 Å². The van der Waals surface area contributed by atoms with Crippen LogP contribution in [0.1, 0.15) is 56.1 Å². The monoisotopic (exact) mass is 379 g/mol. The smallest absolute Gasteiger partial charge is 0.157 e. The van der Waals surface area contributed by atoms with Crippen LogP contribution in [0.3, 0.4) is 0 Å². The lowest BCUT2D eigenvalue weighted by Gasteiger charge is -2.23. The molecule has 1 heterocycles. The lowest BCUT2D eigenvalue weighted by atomic mass is 10.1. The van der Waals surface area contributed by atoms with Crippen LogP contribution < -0.4 is 0 Å². The molecule has 0 aliphatic carbocycles. The minimum atomic E-state index is 0.0465. The van der Waals surface area contributed by atoms with E-state index >= 15 is 0 Å². The molecule has 1 fully saturated rings. The van der Waals surface area contributed by atoms with Crippen LogP contribution >= 0.6 is 0 Å². The highest BCUT2D eigenvalue weighted by Gasteiger charge is 2.13. The van der Waals surface area contributed by atoms with E-state index in [9.17, 15) is 0 Å². The van der Waals surface area contributed by atoms with Crippen LogP contribution in [0, 0.1) is 13.1 Å². The van der Waals surface area contributed by atoms with Gasteiger partial charge in [0.15, 0.2) is 6.29 Å². The van der Waals surface area contributed by atoms with Crippen molar-refractivity contribution < 1.29 is 9.47 Å². The first-order valence-corrected chi connectivity index (χ1v) is 10.7. The SMILES string of the molecule is [CH](c1ccccc1)N([CH]c1ccccc1)CCCCCCOC1CCCCO1. The Morgan fingerprint density at radius 3 is 2.07 bits per heavy atom. The Bertz CT molecular complexity index is 584. The molecule has 2 aromatic rings. The quantitative estimate of drug-likeness (QED) is 0.434. The lowest BCUT2D eigenvalue weighted by Crippen LogP contribution is -2.22. The molecule has 2 aromatic carbocycles. The van der Waals surface area contributed by atoms with Gasteiger partial charge in [-0.2, -0.15) is 0 Å². The average Bonchev–Trinajstić information content (AvgIpc) is 2.75. The van der Waals surface area contributed by atoms with Gasteiger partial charge in [0.25, 0.3) is 0 Å². The summed E-state index contributed by atoms with van der Waals surface area (Å²) in [6.45, 7) is 7.17. The van der Waals surface area contributed by atoms with E-state index in [0.29, 0.717) is 0 Å². The number of nitrogens with zero attached hydrogens (tertiary/aromatic N) is 1. The predicted molar refractivity (Wildman–Crippen MR) is 114 cm³/mol. The fourth-order valence-electron chi connectivity index (χ4n) is 3.43. The maximum absolute atomic E-state index is 5.82. The Morgan fingerprint density at radius 2 is 1.46 bits per heavy atom. The Balaban J connectivity index is 1.35. The van der Waals surface area contributed by atoms with Gasteiger partial charge in [0, 0.05) is 13.2 Å². The van der Waals surface area contributed by atoms with Gasteiger partial charge >= 0.3 is 0 Å². The van der Waals surface area contributed by atoms with Crippen molar-refractivity contribution in [1.82, 2.24) is 4.90 Å². The van der Waals surface area contributed by atoms with Crippen molar-refractivity contribution in [2.24, 2.45) is 0 Å². The summed E-state index contributed by atoms with van der Waals surface area (Å²) in [6.07, 6.45) is 8.22. The van der Waals surface area contributed by atoms with E-state index in [2.05, 4.69) is 78.7 Å². The zero-order valence-electron chi connectivity index (χ0n) is 16.8. The van der Waals surface area contributed by atoms with Crippen molar-refractivity contribution in [3.05, 3.63) is 84.9 Å². The van der Waals surface area contributed by atoms with Gasteiger partial charge in [-0.1, -0.05) is 73.5 Å². The number of unbranched alkanes of at least 4 members (excludes halogenated alkanes) is 3. The van der Waals surface area contributed by atoms with Crippen LogP contribution in [0.4, 0.5) is 0 Å². The van der Waals surface area contributed by atoms with Crippen molar-refractivity contribution in [2.45, 2.75) is 51.2 Å². The molecule has 1 aliphatic heterocycles. The van der Waals surface area contributed by atoms with E-state index in [4.69, 9.17) is 9.47 Å². The molecule has 150 valence electrons. The summed E-state index contributed by atoms with van der Waals surface area (Å²) in [5.74, 6) is 0. The second kappa shape index (κ2) is 12.7. The third kappa shape index (κ3) is 8.14. The maximum Gasteiger partial charge on any atom is 0.157 e. The molecule has 2 radical (unpaired) electrons. The van der Waals surface area contributed by atoms with Crippen molar-refractivity contribution in [2.75, 3.05) is 19.8 Å². The number of benzene rings is 2. The molecule has 3 nitrogen and oxygen atoms in total. The van der Waals surface area contributed by atoms with Crippen LogP contribution in [0.5, 0.6) is 0 Å². The standard InChI is InChI=1S/C25H33NO2/c1(2-11-19-27-25-17-9-12-20-28-25)10-18-26(21-23-13-5-3-6-14-23)22-24-15-7-4-8-16-24/h3-8,13-16,21-22,25H,1-2,9-12,17-20H2. The molecule has 1 saturated heterocycles. The third-order valence-electron chi connectivity index (χ3n) is 4.98. The topological polar surface area (TPSA) is 21.7 Å². The molecule has 1 unspecified atom stereocenters. The Hall–Kier alpha value is -1.68. The summed E-state index contributed by atoms with van der Waals surface area (Å²) in [6, 6.07) is 21.1. The normalized spacial score (nSPS) is 17.1. The van der Waals surface area contributed by atoms with Gasteiger partial charge in [0.05, 0.1) is 13.1 Å². The molecule has 0 aromatic heterocycles. The van der Waals surface area contributed by atoms with E-state index in [-0.39, 0.29) is 6.29 Å². The molecular weight excluding hydrogens is 346 g/mol. The molecule has 0 N–H and O–H groups in total. The van der Waals surface area contributed by atoms with Gasteiger partial charge in [-0.25, -0.2) is 0 Å². The number of ether oxygens (including phenoxy) is 2. The minimum Gasteiger partial charge on any atom is -0.353 e. The van der Waals surface area contributed by atoms with Crippen molar-refractivity contribution >= 4 is 0 Å². The molecule has 3 heteroatoms. The first kappa shape index (κ1) is 21.0. The summed E-state index contributed by atoms with van der Waals surface area (Å²) in [4.78, 5) is 2.32. The number of hydrogen-bond acceptors (Lipinski definition) is 3. The van der Waals surface area contributed by atoms with Gasteiger partial charge < -0.3 is 9.47 Å². The van der Waals surface area contributed by atoms with E-state index in [1.807, 2.05) is 0 Å². The zero-order chi connectivity index (χ0) is 19.3. The molecule has 0 amide bonds. The zero-order valence-corrected chi connectivity index (χ0v) is 16.8. The van der Waals surface area contributed by atoms with Crippen LogP contribution in [-0.2, 0) is 9.47 Å². The highest BCUT2D eigenvalue weighted by atomic mass is 16.7. The van der Waals surface area contributed by atoms with E-state index in [1.54, 1.807) is 0 Å². The predicted octanol–water partition coefficient (Wildman–Crippen LogP) is 5.81. The average molecular weight is 380 g/mol. The van der Waals surface area contributed by atoms with Gasteiger partial charge in [0.2, 0.25) is 0 Å². The summed E-state index contributed by atoms with van der Waals surface area (Å²) >= 11 is 0. The molecule has 0 saturated carbocycles. The Labute approximate surface area is 170 Å². The molecular formula is C25H33NO2. The number of hydrogen-bond donors (Lipinski definition) is 0. The van der Waals surface area contributed by atoms with Crippen LogP contribution in [0.25, 0.3) is 0 Å². The second-order valence-electron chi connectivity index (χ2n) is 7.40. The third-order valence-corrected chi connectivity index (χ3v) is 4.98. The lowest BCUT2D eigenvalue weighted by molar-refractivity contribution is -0.162.